The van der Waals surface area contributed by atoms with Crippen LogP contribution in [0.4, 0.5) is 0 Å². The minimum Gasteiger partial charge on any atom is -0.393 e. The number of fused-ring (bicyclic) bond motifs is 7. The van der Waals surface area contributed by atoms with E-state index in [4.69, 9.17) is 4.84 Å². The second-order valence-electron chi connectivity index (χ2n) is 15.7. The van der Waals surface area contributed by atoms with Gasteiger partial charge in [-0.15, -0.1) is 6.58 Å². The van der Waals surface area contributed by atoms with Gasteiger partial charge in [0, 0.05) is 11.3 Å². The Hall–Kier alpha value is -1.46. The van der Waals surface area contributed by atoms with Crippen molar-refractivity contribution in [2.45, 2.75) is 112 Å². The van der Waals surface area contributed by atoms with Crippen LogP contribution in [0.2, 0.25) is 0 Å². The summed E-state index contributed by atoms with van der Waals surface area (Å²) < 4.78 is 0. The van der Waals surface area contributed by atoms with Crippen molar-refractivity contribution >= 4 is 11.7 Å². The molecule has 2 N–H and O–H groups in total. The van der Waals surface area contributed by atoms with Crippen LogP contribution < -0.4 is 5.48 Å². The van der Waals surface area contributed by atoms with Gasteiger partial charge in [0.2, 0.25) is 5.91 Å². The molecule has 5 heteroatoms. The van der Waals surface area contributed by atoms with Crippen LogP contribution >= 0.6 is 0 Å². The van der Waals surface area contributed by atoms with Crippen LogP contribution in [-0.2, 0) is 14.4 Å². The van der Waals surface area contributed by atoms with Crippen molar-refractivity contribution in [3.05, 3.63) is 24.3 Å². The number of hydrogen-bond acceptors (Lipinski definition) is 4. The van der Waals surface area contributed by atoms with Gasteiger partial charge in [0.15, 0.2) is 5.78 Å². The molecule has 5 aliphatic carbocycles. The zero-order chi connectivity index (χ0) is 27.9. The lowest BCUT2D eigenvalue weighted by Crippen LogP contribution is -2.66. The Morgan fingerprint density at radius 2 is 1.74 bits per heavy atom. The molecule has 0 spiro atoms. The number of amides is 1. The fourth-order valence-corrected chi connectivity index (χ4v) is 10.7. The van der Waals surface area contributed by atoms with Crippen LogP contribution in [0.15, 0.2) is 24.3 Å². The van der Waals surface area contributed by atoms with Gasteiger partial charge in [0.1, 0.15) is 0 Å². The summed E-state index contributed by atoms with van der Waals surface area (Å²) in [5.74, 6) is 0.767. The summed E-state index contributed by atoms with van der Waals surface area (Å²) in [6, 6.07) is 0. The largest absolute Gasteiger partial charge is 0.393 e. The third-order valence-corrected chi connectivity index (χ3v) is 13.5. The SMILES string of the molecule is C=CCONC(=O)[C@@]1(C)CC[C@]2(C)CC[C@]3(C)C(=CC(=O)[C@@H]4[C@@]5(C)CC[C@H](O)C(C)(C)[C@@H]5CC[C@]43C)[C@@H]2C1. The van der Waals surface area contributed by atoms with Crippen LogP contribution in [0.25, 0.3) is 0 Å². The third-order valence-electron chi connectivity index (χ3n) is 13.5. The van der Waals surface area contributed by atoms with E-state index in [0.29, 0.717) is 11.7 Å². The summed E-state index contributed by atoms with van der Waals surface area (Å²) in [6.45, 7) is 20.1. The first-order valence-electron chi connectivity index (χ1n) is 15.1. The first-order chi connectivity index (χ1) is 17.6. The van der Waals surface area contributed by atoms with E-state index >= 15 is 0 Å². The molecule has 0 aromatic carbocycles. The zero-order valence-corrected chi connectivity index (χ0v) is 24.9. The number of hydrogen-bond donors (Lipinski definition) is 2. The highest BCUT2D eigenvalue weighted by molar-refractivity contribution is 5.95. The number of aliphatic hydroxyl groups excluding tert-OH is 1. The first-order valence-corrected chi connectivity index (χ1v) is 15.1. The highest BCUT2D eigenvalue weighted by Gasteiger charge is 2.70. The van der Waals surface area contributed by atoms with Crippen molar-refractivity contribution in [2.24, 2.45) is 50.2 Å². The van der Waals surface area contributed by atoms with E-state index in [1.807, 2.05) is 0 Å². The van der Waals surface area contributed by atoms with Crippen molar-refractivity contribution in [2.75, 3.05) is 6.61 Å². The maximum atomic E-state index is 14.4. The Bertz CT molecular complexity index is 1060. The summed E-state index contributed by atoms with van der Waals surface area (Å²) in [6.07, 6.45) is 12.0. The monoisotopic (exact) mass is 525 g/mol. The van der Waals surface area contributed by atoms with Crippen molar-refractivity contribution < 1.29 is 19.5 Å². The van der Waals surface area contributed by atoms with Crippen molar-refractivity contribution in [1.29, 1.82) is 0 Å². The second-order valence-corrected chi connectivity index (χ2v) is 15.7. The molecule has 4 fully saturated rings. The first kappa shape index (κ1) is 28.1. The smallest absolute Gasteiger partial charge is 0.249 e. The minimum absolute atomic E-state index is 0.0239. The molecule has 0 aliphatic heterocycles. The van der Waals surface area contributed by atoms with Gasteiger partial charge in [0.05, 0.1) is 12.7 Å². The Labute approximate surface area is 230 Å². The molecule has 0 radical (unpaired) electrons. The van der Waals surface area contributed by atoms with E-state index in [2.05, 4.69) is 66.6 Å². The number of ketones is 1. The predicted molar refractivity (Wildman–Crippen MR) is 150 cm³/mol. The van der Waals surface area contributed by atoms with E-state index in [1.165, 1.54) is 5.57 Å². The molecule has 0 heterocycles. The van der Waals surface area contributed by atoms with Crippen LogP contribution in [-0.4, -0.2) is 29.5 Å². The zero-order valence-electron chi connectivity index (χ0n) is 24.9. The van der Waals surface area contributed by atoms with Crippen molar-refractivity contribution in [3.8, 4) is 0 Å². The molecule has 0 saturated heterocycles. The molecule has 0 unspecified atom stereocenters. The maximum absolute atomic E-state index is 14.4. The normalized spacial score (nSPS) is 49.5. The topological polar surface area (TPSA) is 75.6 Å². The summed E-state index contributed by atoms with van der Waals surface area (Å²) in [5, 5.41) is 10.9. The van der Waals surface area contributed by atoms with E-state index < -0.39 is 5.41 Å². The molecule has 1 amide bonds. The van der Waals surface area contributed by atoms with Crippen LogP contribution in [0.1, 0.15) is 106 Å². The summed E-state index contributed by atoms with van der Waals surface area (Å²) in [4.78, 5) is 33.0. The molecule has 0 aromatic heterocycles. The molecule has 0 aromatic rings. The number of hydroxylamine groups is 1. The lowest BCUT2D eigenvalue weighted by molar-refractivity contribution is -0.202. The number of carbonyl (C=O) groups is 2. The lowest BCUT2D eigenvalue weighted by Gasteiger charge is -2.70. The molecule has 212 valence electrons. The average Bonchev–Trinajstić information content (AvgIpc) is 2.84. The van der Waals surface area contributed by atoms with Gasteiger partial charge < -0.3 is 5.11 Å². The van der Waals surface area contributed by atoms with Crippen LogP contribution in [0.5, 0.6) is 0 Å². The molecule has 5 nitrogen and oxygen atoms in total. The Morgan fingerprint density at radius 1 is 1.05 bits per heavy atom. The van der Waals surface area contributed by atoms with Gasteiger partial charge in [-0.2, -0.15) is 0 Å². The van der Waals surface area contributed by atoms with Crippen LogP contribution in [0, 0.1) is 50.2 Å². The summed E-state index contributed by atoms with van der Waals surface area (Å²) in [5.41, 5.74) is 3.08. The van der Waals surface area contributed by atoms with E-state index in [0.717, 1.165) is 57.8 Å². The number of rotatable bonds is 4. The number of aliphatic hydroxyl groups is 1. The lowest BCUT2D eigenvalue weighted by atomic mass is 9.33. The minimum atomic E-state index is -0.529. The molecular weight excluding hydrogens is 474 g/mol. The van der Waals surface area contributed by atoms with Gasteiger partial charge in [-0.25, -0.2) is 5.48 Å². The molecule has 38 heavy (non-hydrogen) atoms. The van der Waals surface area contributed by atoms with E-state index in [1.54, 1.807) is 6.08 Å². The molecule has 9 atom stereocenters. The highest BCUT2D eigenvalue weighted by Crippen LogP contribution is 2.75. The molecule has 5 aliphatic rings. The second kappa shape index (κ2) is 8.77. The van der Waals surface area contributed by atoms with Crippen LogP contribution in [0.3, 0.4) is 0 Å². The standard InChI is InChI=1S/C33H51NO4/c1-9-18-38-34-27(37)30(5)15-14-29(4)16-17-32(7)21(22(29)20-30)19-23(35)26-31(6)12-11-25(36)28(2,3)24(31)10-13-33(26,32)8/h9,19,22,24-26,36H,1,10-18,20H2,2-8H3,(H,34,37)/t22-,24-,25-,26+,29+,30-,31-,32+,33+/m0/s1. The van der Waals surface area contributed by atoms with Crippen molar-refractivity contribution in [3.63, 3.8) is 0 Å². The third kappa shape index (κ3) is 3.62. The van der Waals surface area contributed by atoms with Gasteiger partial charge in [-0.1, -0.05) is 60.1 Å². The van der Waals surface area contributed by atoms with Gasteiger partial charge >= 0.3 is 0 Å². The molecule has 5 rings (SSSR count). The Kier molecular flexibility index (Phi) is 6.48. The number of allylic oxidation sites excluding steroid dienone is 2. The summed E-state index contributed by atoms with van der Waals surface area (Å²) >= 11 is 0. The van der Waals surface area contributed by atoms with Gasteiger partial charge in [-0.05, 0) is 103 Å². The number of carbonyl (C=O) groups excluding carboxylic acids is 2. The van der Waals surface area contributed by atoms with E-state index in [-0.39, 0.29) is 57.5 Å². The highest BCUT2D eigenvalue weighted by atomic mass is 16.6. The number of nitrogens with one attached hydrogen (secondary N) is 1. The average molecular weight is 526 g/mol. The predicted octanol–water partition coefficient (Wildman–Crippen LogP) is 6.56. The van der Waals surface area contributed by atoms with E-state index in [9.17, 15) is 14.7 Å². The van der Waals surface area contributed by atoms with Gasteiger partial charge in [-0.3, -0.25) is 14.4 Å². The Morgan fingerprint density at radius 3 is 2.42 bits per heavy atom. The quantitative estimate of drug-likeness (QED) is 0.248. The fraction of sp³-hybridized carbons (Fsp3) is 0.818. The van der Waals surface area contributed by atoms with Gasteiger partial charge in [0.25, 0.3) is 0 Å². The fourth-order valence-electron chi connectivity index (χ4n) is 10.7. The molecule has 0 bridgehead atoms. The van der Waals surface area contributed by atoms with Crippen molar-refractivity contribution in [1.82, 2.24) is 5.48 Å². The molecule has 4 saturated carbocycles. The Balaban J connectivity index is 1.54. The maximum Gasteiger partial charge on any atom is 0.249 e. The molecular formula is C33H51NO4. The summed E-state index contributed by atoms with van der Waals surface area (Å²) in [7, 11) is 0.